The molecule has 1 saturated heterocycles. The number of ether oxygens (including phenoxy) is 3. The lowest BCUT2D eigenvalue weighted by Gasteiger charge is -2.14. The SMILES string of the molecule is CCCOc1c(I)cc(/C=C2\SC(=O)N(CC(=O)Nc3ccc(Cl)c(C(=O)OC)c3)C2=O)cc1OCC. The highest BCUT2D eigenvalue weighted by Gasteiger charge is 2.36. The van der Waals surface area contributed by atoms with Crippen molar-refractivity contribution in [3.63, 3.8) is 0 Å². The molecule has 1 heterocycles. The maximum atomic E-state index is 12.9. The first kappa shape index (κ1) is 28.8. The number of hydrogen-bond acceptors (Lipinski definition) is 8. The number of amides is 3. The van der Waals surface area contributed by atoms with Crippen LogP contribution in [0.25, 0.3) is 6.08 Å². The third-order valence-electron chi connectivity index (χ3n) is 4.91. The maximum absolute atomic E-state index is 12.9. The summed E-state index contributed by atoms with van der Waals surface area (Å²) in [5, 5.41) is 2.15. The minimum atomic E-state index is -0.663. The minimum Gasteiger partial charge on any atom is -0.490 e. The summed E-state index contributed by atoms with van der Waals surface area (Å²) in [5.74, 6) is -0.696. The van der Waals surface area contributed by atoms with Crippen LogP contribution in [0.2, 0.25) is 5.02 Å². The van der Waals surface area contributed by atoms with Gasteiger partial charge in [-0.15, -0.1) is 0 Å². The van der Waals surface area contributed by atoms with E-state index in [1.165, 1.54) is 25.3 Å². The first-order valence-electron chi connectivity index (χ1n) is 11.2. The molecular weight excluding hydrogens is 635 g/mol. The quantitative estimate of drug-likeness (QED) is 0.200. The number of halogens is 2. The van der Waals surface area contributed by atoms with Gasteiger partial charge in [-0.3, -0.25) is 19.3 Å². The van der Waals surface area contributed by atoms with Crippen LogP contribution in [-0.4, -0.2) is 54.8 Å². The summed E-state index contributed by atoms with van der Waals surface area (Å²) >= 11 is 8.88. The van der Waals surface area contributed by atoms with E-state index in [0.29, 0.717) is 30.3 Å². The van der Waals surface area contributed by atoms with E-state index < -0.39 is 29.6 Å². The number of carbonyl (C=O) groups is 4. The number of nitrogens with one attached hydrogen (secondary N) is 1. The average molecular weight is 659 g/mol. The molecule has 37 heavy (non-hydrogen) atoms. The van der Waals surface area contributed by atoms with Crippen LogP contribution < -0.4 is 14.8 Å². The van der Waals surface area contributed by atoms with Crippen molar-refractivity contribution in [1.29, 1.82) is 0 Å². The molecule has 9 nitrogen and oxygen atoms in total. The largest absolute Gasteiger partial charge is 0.490 e. The summed E-state index contributed by atoms with van der Waals surface area (Å²) in [4.78, 5) is 50.9. The van der Waals surface area contributed by atoms with Crippen LogP contribution in [0.3, 0.4) is 0 Å². The second-order valence-corrected chi connectivity index (χ2v) is 10.2. The molecule has 1 fully saturated rings. The van der Waals surface area contributed by atoms with E-state index in [0.717, 1.165) is 26.7 Å². The van der Waals surface area contributed by atoms with Gasteiger partial charge in [0, 0.05) is 5.69 Å². The molecule has 0 bridgehead atoms. The molecule has 12 heteroatoms. The highest BCUT2D eigenvalue weighted by atomic mass is 127. The van der Waals surface area contributed by atoms with Crippen LogP contribution in [-0.2, 0) is 14.3 Å². The number of imide groups is 1. The average Bonchev–Trinajstić information content (AvgIpc) is 3.11. The monoisotopic (exact) mass is 658 g/mol. The topological polar surface area (TPSA) is 111 Å². The van der Waals surface area contributed by atoms with Crippen LogP contribution in [0.4, 0.5) is 10.5 Å². The van der Waals surface area contributed by atoms with Gasteiger partial charge in [0.1, 0.15) is 6.54 Å². The zero-order valence-electron chi connectivity index (χ0n) is 20.3. The summed E-state index contributed by atoms with van der Waals surface area (Å²) < 4.78 is 17.0. The fraction of sp³-hybridized carbons (Fsp3) is 0.280. The molecule has 0 saturated carbocycles. The number of nitrogens with zero attached hydrogens (tertiary/aromatic N) is 1. The number of rotatable bonds is 10. The van der Waals surface area contributed by atoms with Gasteiger partial charge in [0.05, 0.1) is 39.4 Å². The molecule has 2 aromatic carbocycles. The van der Waals surface area contributed by atoms with Crippen molar-refractivity contribution in [1.82, 2.24) is 4.90 Å². The molecule has 2 aromatic rings. The number of benzene rings is 2. The van der Waals surface area contributed by atoms with Gasteiger partial charge in [-0.05, 0) is 89.7 Å². The standard InChI is InChI=1S/C25H24ClIN2O7S/c1-4-8-36-22-18(27)9-14(10-19(22)35-5-2)11-20-23(31)29(25(33)37-20)13-21(30)28-15-6-7-17(26)16(12-15)24(32)34-3/h6-7,9-12H,4-5,8,13H2,1-3H3,(H,28,30)/b20-11-. The zero-order valence-corrected chi connectivity index (χ0v) is 24.0. The summed E-state index contributed by atoms with van der Waals surface area (Å²) in [6, 6.07) is 7.85. The fourth-order valence-corrected chi connectivity index (χ4v) is 5.09. The molecule has 0 atom stereocenters. The van der Waals surface area contributed by atoms with Crippen LogP contribution >= 0.6 is 46.0 Å². The van der Waals surface area contributed by atoms with Crippen molar-refractivity contribution >= 4 is 80.7 Å². The Balaban J connectivity index is 1.75. The smallest absolute Gasteiger partial charge is 0.339 e. The lowest BCUT2D eigenvalue weighted by molar-refractivity contribution is -0.127. The Kier molecular flexibility index (Phi) is 10.2. The highest BCUT2D eigenvalue weighted by molar-refractivity contribution is 14.1. The number of hydrogen-bond donors (Lipinski definition) is 1. The molecule has 0 radical (unpaired) electrons. The summed E-state index contributed by atoms with van der Waals surface area (Å²) in [6.07, 6.45) is 2.42. The summed E-state index contributed by atoms with van der Waals surface area (Å²) in [6.45, 7) is 4.34. The second-order valence-electron chi connectivity index (χ2n) is 7.61. The van der Waals surface area contributed by atoms with Crippen molar-refractivity contribution in [2.45, 2.75) is 20.3 Å². The number of esters is 1. The number of anilines is 1. The van der Waals surface area contributed by atoms with Crippen molar-refractivity contribution in [2.75, 3.05) is 32.2 Å². The van der Waals surface area contributed by atoms with Crippen LogP contribution in [0.15, 0.2) is 35.2 Å². The molecule has 3 amide bonds. The predicted molar refractivity (Wildman–Crippen MR) is 150 cm³/mol. The van der Waals surface area contributed by atoms with Crippen molar-refractivity contribution in [3.05, 3.63) is 55.0 Å². The van der Waals surface area contributed by atoms with Crippen molar-refractivity contribution in [2.24, 2.45) is 0 Å². The van der Waals surface area contributed by atoms with E-state index in [2.05, 4.69) is 32.6 Å². The first-order chi connectivity index (χ1) is 17.7. The first-order valence-corrected chi connectivity index (χ1v) is 13.5. The van der Waals surface area contributed by atoms with Gasteiger partial charge in [-0.2, -0.15) is 0 Å². The van der Waals surface area contributed by atoms with E-state index in [1.807, 2.05) is 19.9 Å². The molecule has 1 N–H and O–H groups in total. The second kappa shape index (κ2) is 13.2. The highest BCUT2D eigenvalue weighted by Crippen LogP contribution is 2.37. The third-order valence-corrected chi connectivity index (χ3v) is 6.95. The molecule has 1 aliphatic rings. The predicted octanol–water partition coefficient (Wildman–Crippen LogP) is 5.59. The molecule has 1 aliphatic heterocycles. The summed E-state index contributed by atoms with van der Waals surface area (Å²) in [5.41, 5.74) is 0.993. The lowest BCUT2D eigenvalue weighted by Crippen LogP contribution is -2.36. The fourth-order valence-electron chi connectivity index (χ4n) is 3.28. The summed E-state index contributed by atoms with van der Waals surface area (Å²) in [7, 11) is 1.21. The van der Waals surface area contributed by atoms with Crippen LogP contribution in [0, 0.1) is 3.57 Å². The van der Waals surface area contributed by atoms with Gasteiger partial charge in [-0.1, -0.05) is 18.5 Å². The lowest BCUT2D eigenvalue weighted by atomic mass is 10.2. The molecule has 0 spiro atoms. The Labute approximate surface area is 237 Å². The molecule has 0 aliphatic carbocycles. The van der Waals surface area contributed by atoms with Crippen LogP contribution in [0.5, 0.6) is 11.5 Å². The van der Waals surface area contributed by atoms with Gasteiger partial charge in [0.25, 0.3) is 11.1 Å². The Hall–Kier alpha value is -2.77. The Morgan fingerprint density at radius 2 is 1.92 bits per heavy atom. The van der Waals surface area contributed by atoms with Gasteiger partial charge in [-0.25, -0.2) is 4.79 Å². The van der Waals surface area contributed by atoms with E-state index in [4.69, 9.17) is 21.1 Å². The van der Waals surface area contributed by atoms with Gasteiger partial charge >= 0.3 is 5.97 Å². The molecule has 3 rings (SSSR count). The zero-order chi connectivity index (χ0) is 27.1. The normalized spacial score (nSPS) is 14.2. The van der Waals surface area contributed by atoms with Crippen LogP contribution in [0.1, 0.15) is 36.2 Å². The van der Waals surface area contributed by atoms with E-state index in [9.17, 15) is 19.2 Å². The Morgan fingerprint density at radius 1 is 1.16 bits per heavy atom. The van der Waals surface area contributed by atoms with E-state index >= 15 is 0 Å². The van der Waals surface area contributed by atoms with Gasteiger partial charge < -0.3 is 19.5 Å². The number of methoxy groups -OCH3 is 1. The molecular formula is C25H24ClIN2O7S. The molecule has 0 unspecified atom stereocenters. The Morgan fingerprint density at radius 3 is 2.59 bits per heavy atom. The number of carbonyl (C=O) groups excluding carboxylic acids is 4. The van der Waals surface area contributed by atoms with Gasteiger partial charge in [0.2, 0.25) is 5.91 Å². The van der Waals surface area contributed by atoms with E-state index in [-0.39, 0.29) is 21.2 Å². The van der Waals surface area contributed by atoms with E-state index in [1.54, 1.807) is 12.1 Å². The Bertz CT molecular complexity index is 1270. The third kappa shape index (κ3) is 7.17. The van der Waals surface area contributed by atoms with Gasteiger partial charge in [0.15, 0.2) is 11.5 Å². The minimum absolute atomic E-state index is 0.0724. The number of thioether (sulfide) groups is 1. The maximum Gasteiger partial charge on any atom is 0.339 e. The van der Waals surface area contributed by atoms with Crippen molar-refractivity contribution < 1.29 is 33.4 Å². The molecule has 196 valence electrons. The molecule has 0 aromatic heterocycles. The van der Waals surface area contributed by atoms with Crippen molar-refractivity contribution in [3.8, 4) is 11.5 Å².